The lowest BCUT2D eigenvalue weighted by Gasteiger charge is -2.42. The van der Waals surface area contributed by atoms with E-state index in [2.05, 4.69) is 58.7 Å². The van der Waals surface area contributed by atoms with Gasteiger partial charge >= 0.3 is 0 Å². The van der Waals surface area contributed by atoms with Gasteiger partial charge < -0.3 is 10.2 Å². The molecule has 3 aliphatic rings. The Balaban J connectivity index is 1.22. The molecular formula is C23H28N2. The van der Waals surface area contributed by atoms with E-state index >= 15 is 0 Å². The van der Waals surface area contributed by atoms with E-state index in [1.807, 2.05) is 0 Å². The van der Waals surface area contributed by atoms with E-state index in [-0.39, 0.29) is 0 Å². The van der Waals surface area contributed by atoms with E-state index in [9.17, 15) is 0 Å². The average Bonchev–Trinajstić information content (AvgIpc) is 3.02. The number of likely N-dealkylation sites (tertiary alicyclic amines) is 1. The number of aryl methyl sites for hydroxylation is 1. The molecule has 1 spiro atoms. The Morgan fingerprint density at radius 3 is 2.44 bits per heavy atom. The lowest BCUT2D eigenvalue weighted by molar-refractivity contribution is 0.144. The van der Waals surface area contributed by atoms with E-state index in [1.54, 1.807) is 16.7 Å². The van der Waals surface area contributed by atoms with Crippen molar-refractivity contribution in [3.63, 3.8) is 0 Å². The van der Waals surface area contributed by atoms with Crippen molar-refractivity contribution in [3.8, 4) is 0 Å². The summed E-state index contributed by atoms with van der Waals surface area (Å²) in [7, 11) is 0. The van der Waals surface area contributed by atoms with Gasteiger partial charge in [0.25, 0.3) is 0 Å². The van der Waals surface area contributed by atoms with Gasteiger partial charge in [-0.1, -0.05) is 48.5 Å². The third-order valence-electron chi connectivity index (χ3n) is 6.92. The highest BCUT2D eigenvalue weighted by atomic mass is 15.2. The molecule has 2 aromatic carbocycles. The van der Waals surface area contributed by atoms with Crippen LogP contribution in [0.25, 0.3) is 0 Å². The van der Waals surface area contributed by atoms with Gasteiger partial charge in [0.05, 0.1) is 0 Å². The molecule has 1 aliphatic carbocycles. The zero-order valence-corrected chi connectivity index (χ0v) is 15.0. The second kappa shape index (κ2) is 6.26. The summed E-state index contributed by atoms with van der Waals surface area (Å²) >= 11 is 0. The van der Waals surface area contributed by atoms with Gasteiger partial charge in [-0.05, 0) is 72.9 Å². The van der Waals surface area contributed by atoms with Gasteiger partial charge in [-0.15, -0.1) is 0 Å². The molecule has 0 saturated carbocycles. The minimum absolute atomic E-state index is 0.486. The van der Waals surface area contributed by atoms with Crippen LogP contribution in [0.2, 0.25) is 0 Å². The summed E-state index contributed by atoms with van der Waals surface area (Å²) in [5.41, 5.74) is 6.80. The first-order chi connectivity index (χ1) is 12.3. The first kappa shape index (κ1) is 15.6. The molecule has 2 nitrogen and oxygen atoms in total. The minimum atomic E-state index is 0.486. The third kappa shape index (κ3) is 2.82. The Morgan fingerprint density at radius 2 is 1.60 bits per heavy atom. The number of nitrogens with one attached hydrogen (secondary N) is 1. The van der Waals surface area contributed by atoms with E-state index in [4.69, 9.17) is 0 Å². The van der Waals surface area contributed by atoms with E-state index in [0.717, 1.165) is 6.54 Å². The molecule has 25 heavy (non-hydrogen) atoms. The first-order valence-electron chi connectivity index (χ1n) is 9.93. The van der Waals surface area contributed by atoms with Gasteiger partial charge in [0, 0.05) is 19.1 Å². The summed E-state index contributed by atoms with van der Waals surface area (Å²) in [4.78, 5) is 2.71. The maximum absolute atomic E-state index is 3.76. The Labute approximate surface area is 151 Å². The monoisotopic (exact) mass is 332 g/mol. The fraction of sp³-hybridized carbons (Fsp3) is 0.478. The van der Waals surface area contributed by atoms with Crippen LogP contribution in [0.1, 0.15) is 41.5 Å². The second-order valence-electron chi connectivity index (χ2n) is 8.29. The van der Waals surface area contributed by atoms with E-state index < -0.39 is 0 Å². The molecular weight excluding hydrogens is 304 g/mol. The van der Waals surface area contributed by atoms with Gasteiger partial charge in [-0.2, -0.15) is 0 Å². The number of hydrogen-bond acceptors (Lipinski definition) is 2. The summed E-state index contributed by atoms with van der Waals surface area (Å²) in [6.07, 6.45) is 6.52. The molecule has 2 heteroatoms. The van der Waals surface area contributed by atoms with Crippen LogP contribution in [-0.2, 0) is 24.8 Å². The topological polar surface area (TPSA) is 15.3 Å². The molecule has 0 unspecified atom stereocenters. The molecule has 2 aliphatic heterocycles. The van der Waals surface area contributed by atoms with E-state index in [1.165, 1.54) is 57.3 Å². The smallest absolute Gasteiger partial charge is 0.0238 e. The molecule has 5 rings (SSSR count). The molecule has 0 radical (unpaired) electrons. The van der Waals surface area contributed by atoms with Crippen LogP contribution >= 0.6 is 0 Å². The second-order valence-corrected chi connectivity index (χ2v) is 8.29. The minimum Gasteiger partial charge on any atom is -0.308 e. The molecule has 2 aromatic rings. The van der Waals surface area contributed by atoms with Crippen molar-refractivity contribution in [2.45, 2.75) is 50.1 Å². The summed E-state index contributed by atoms with van der Waals surface area (Å²) < 4.78 is 0. The fourth-order valence-corrected chi connectivity index (χ4v) is 5.41. The third-order valence-corrected chi connectivity index (χ3v) is 6.92. The highest BCUT2D eigenvalue weighted by molar-refractivity contribution is 5.39. The van der Waals surface area contributed by atoms with Crippen LogP contribution in [-0.4, -0.2) is 30.6 Å². The standard InChI is InChI=1S/C23H28N2/c1-2-7-20-16-24-21(15-19(20)6-1)17-25-13-11-23(12-14-25)10-9-18-5-3-4-8-22(18)23/h1-8,21,24H,9-17H2/t21-/m0/s1. The number of hydrogen-bond donors (Lipinski definition) is 1. The summed E-state index contributed by atoms with van der Waals surface area (Å²) in [6, 6.07) is 18.7. The Kier molecular flexibility index (Phi) is 3.91. The van der Waals surface area contributed by atoms with Gasteiger partial charge in [0.15, 0.2) is 0 Å². The number of fused-ring (bicyclic) bond motifs is 3. The number of piperidine rings is 1. The fourth-order valence-electron chi connectivity index (χ4n) is 5.41. The maximum Gasteiger partial charge on any atom is 0.0238 e. The highest BCUT2D eigenvalue weighted by Gasteiger charge is 2.41. The van der Waals surface area contributed by atoms with Crippen LogP contribution in [0.4, 0.5) is 0 Å². The molecule has 0 bridgehead atoms. The quantitative estimate of drug-likeness (QED) is 0.902. The van der Waals surface area contributed by atoms with Crippen molar-refractivity contribution >= 4 is 0 Å². The Hall–Kier alpha value is -1.64. The predicted octanol–water partition coefficient (Wildman–Crippen LogP) is 3.68. The van der Waals surface area contributed by atoms with Crippen LogP contribution in [0.3, 0.4) is 0 Å². The molecule has 0 amide bonds. The average molecular weight is 332 g/mol. The number of benzene rings is 2. The largest absolute Gasteiger partial charge is 0.308 e. The molecule has 1 fully saturated rings. The zero-order chi connectivity index (χ0) is 16.7. The Morgan fingerprint density at radius 1 is 0.880 bits per heavy atom. The maximum atomic E-state index is 3.76. The van der Waals surface area contributed by atoms with Crippen molar-refractivity contribution in [1.29, 1.82) is 0 Å². The molecule has 2 heterocycles. The van der Waals surface area contributed by atoms with Gasteiger partial charge in [0.1, 0.15) is 0 Å². The van der Waals surface area contributed by atoms with Gasteiger partial charge in [-0.25, -0.2) is 0 Å². The zero-order valence-electron chi connectivity index (χ0n) is 15.0. The van der Waals surface area contributed by atoms with E-state index in [0.29, 0.717) is 11.5 Å². The molecule has 1 atom stereocenters. The lowest BCUT2D eigenvalue weighted by Crippen LogP contribution is -2.49. The lowest BCUT2D eigenvalue weighted by atomic mass is 9.74. The summed E-state index contributed by atoms with van der Waals surface area (Å²) in [5.74, 6) is 0. The SMILES string of the molecule is c1ccc2c(c1)CN[C@H](CN1CCC3(CCc4ccccc43)CC1)C2. The normalized spacial score (nSPS) is 24.9. The summed E-state index contributed by atoms with van der Waals surface area (Å²) in [6.45, 7) is 4.75. The van der Waals surface area contributed by atoms with Crippen molar-refractivity contribution in [2.75, 3.05) is 19.6 Å². The van der Waals surface area contributed by atoms with Crippen LogP contribution < -0.4 is 5.32 Å². The first-order valence-corrected chi connectivity index (χ1v) is 9.93. The molecule has 0 aromatic heterocycles. The molecule has 130 valence electrons. The summed E-state index contributed by atoms with van der Waals surface area (Å²) in [5, 5.41) is 3.76. The van der Waals surface area contributed by atoms with Crippen molar-refractivity contribution in [1.82, 2.24) is 10.2 Å². The van der Waals surface area contributed by atoms with Gasteiger partial charge in [0.2, 0.25) is 0 Å². The van der Waals surface area contributed by atoms with Crippen molar-refractivity contribution < 1.29 is 0 Å². The van der Waals surface area contributed by atoms with Crippen molar-refractivity contribution in [2.24, 2.45) is 0 Å². The van der Waals surface area contributed by atoms with Crippen molar-refractivity contribution in [3.05, 3.63) is 70.8 Å². The number of nitrogens with zero attached hydrogens (tertiary/aromatic N) is 1. The number of rotatable bonds is 2. The molecule has 1 saturated heterocycles. The Bertz CT molecular complexity index is 758. The van der Waals surface area contributed by atoms with Crippen LogP contribution in [0, 0.1) is 0 Å². The van der Waals surface area contributed by atoms with Gasteiger partial charge in [-0.3, -0.25) is 0 Å². The van der Waals surface area contributed by atoms with Crippen LogP contribution in [0.15, 0.2) is 48.5 Å². The van der Waals surface area contributed by atoms with Crippen LogP contribution in [0.5, 0.6) is 0 Å². The predicted molar refractivity (Wildman–Crippen MR) is 103 cm³/mol. The highest BCUT2D eigenvalue weighted by Crippen LogP contribution is 2.46. The molecule has 1 N–H and O–H groups in total.